The maximum Gasteiger partial charge on any atom is 0.339 e. The third kappa shape index (κ3) is 5.81. The van der Waals surface area contributed by atoms with Gasteiger partial charge in [0.1, 0.15) is 11.4 Å². The lowest BCUT2D eigenvalue weighted by atomic mass is 9.98. The van der Waals surface area contributed by atoms with Crippen LogP contribution in [0.25, 0.3) is 22.5 Å². The molecule has 0 fully saturated rings. The quantitative estimate of drug-likeness (QED) is 0.342. The van der Waals surface area contributed by atoms with Crippen LogP contribution >= 0.6 is 0 Å². The predicted octanol–water partition coefficient (Wildman–Crippen LogP) is 4.01. The summed E-state index contributed by atoms with van der Waals surface area (Å²) >= 11 is 0. The van der Waals surface area contributed by atoms with Gasteiger partial charge in [0, 0.05) is 24.8 Å². The Bertz CT molecular complexity index is 1180. The standard InChI is InChI=1S/C24H24N6O2.CH5N/c1-2-3-15-30(23-21(24(31)32)9-6-14-25-23)16-17-10-12-18(13-11-17)19-7-4-5-8-20(19)22-26-28-29-27-22;1-2/h4-14H,2-3,15-16H2,1H3,(H,31,32)(H,26,27,28,29);2H2,1H3. The molecule has 0 radical (unpaired) electrons. The number of hydrogen-bond acceptors (Lipinski definition) is 7. The molecule has 0 atom stereocenters. The molecule has 176 valence electrons. The largest absolute Gasteiger partial charge is 0.478 e. The molecule has 0 saturated carbocycles. The van der Waals surface area contributed by atoms with Gasteiger partial charge in [-0.15, -0.1) is 5.10 Å². The van der Waals surface area contributed by atoms with Gasteiger partial charge in [-0.2, -0.15) is 0 Å². The fourth-order valence-corrected chi connectivity index (χ4v) is 3.65. The fourth-order valence-electron chi connectivity index (χ4n) is 3.65. The van der Waals surface area contributed by atoms with Gasteiger partial charge in [0.15, 0.2) is 5.82 Å². The van der Waals surface area contributed by atoms with Crippen molar-refractivity contribution in [3.05, 3.63) is 78.0 Å². The first kappa shape index (κ1) is 24.5. The van der Waals surface area contributed by atoms with Crippen LogP contribution in [0.15, 0.2) is 66.9 Å². The second-order valence-electron chi connectivity index (χ2n) is 7.45. The van der Waals surface area contributed by atoms with Gasteiger partial charge in [0.05, 0.1) is 0 Å². The molecule has 0 aliphatic carbocycles. The minimum absolute atomic E-state index is 0.217. The van der Waals surface area contributed by atoms with Gasteiger partial charge >= 0.3 is 5.97 Å². The Morgan fingerprint density at radius 1 is 1.03 bits per heavy atom. The topological polar surface area (TPSA) is 134 Å². The van der Waals surface area contributed by atoms with Crippen LogP contribution in [0, 0.1) is 0 Å². The number of carboxylic acids is 1. The number of benzene rings is 2. The minimum atomic E-state index is -0.969. The number of carbonyl (C=O) groups is 1. The Balaban J connectivity index is 0.00000158. The summed E-state index contributed by atoms with van der Waals surface area (Å²) in [6.07, 6.45) is 3.60. The van der Waals surface area contributed by atoms with Crippen LogP contribution in [0.5, 0.6) is 0 Å². The summed E-state index contributed by atoms with van der Waals surface area (Å²) in [5.41, 5.74) is 8.79. The number of H-pyrrole nitrogens is 1. The summed E-state index contributed by atoms with van der Waals surface area (Å²) in [5, 5.41) is 23.8. The van der Waals surface area contributed by atoms with E-state index in [1.165, 1.54) is 7.05 Å². The van der Waals surface area contributed by atoms with Crippen LogP contribution in [0.3, 0.4) is 0 Å². The average Bonchev–Trinajstić information content (AvgIpc) is 3.43. The molecule has 0 unspecified atom stereocenters. The molecule has 9 heteroatoms. The smallest absolute Gasteiger partial charge is 0.339 e. The number of aromatic amines is 1. The molecule has 0 spiro atoms. The monoisotopic (exact) mass is 459 g/mol. The molecule has 4 rings (SSSR count). The van der Waals surface area contributed by atoms with Crippen molar-refractivity contribution in [1.82, 2.24) is 25.6 Å². The summed E-state index contributed by atoms with van der Waals surface area (Å²) in [6, 6.07) is 19.5. The van der Waals surface area contributed by atoms with Gasteiger partial charge in [0.25, 0.3) is 0 Å². The molecular weight excluding hydrogens is 430 g/mol. The van der Waals surface area contributed by atoms with Crippen molar-refractivity contribution in [3.63, 3.8) is 0 Å². The summed E-state index contributed by atoms with van der Waals surface area (Å²) in [7, 11) is 1.50. The van der Waals surface area contributed by atoms with E-state index in [-0.39, 0.29) is 5.56 Å². The number of nitrogens with one attached hydrogen (secondary N) is 1. The van der Waals surface area contributed by atoms with Crippen molar-refractivity contribution >= 4 is 11.8 Å². The van der Waals surface area contributed by atoms with E-state index in [9.17, 15) is 9.90 Å². The van der Waals surface area contributed by atoms with E-state index in [0.717, 1.165) is 41.6 Å². The number of rotatable bonds is 9. The van der Waals surface area contributed by atoms with E-state index in [0.29, 0.717) is 18.2 Å². The number of aromatic nitrogens is 5. The van der Waals surface area contributed by atoms with Crippen molar-refractivity contribution in [1.29, 1.82) is 0 Å². The second kappa shape index (κ2) is 12.2. The van der Waals surface area contributed by atoms with Crippen molar-refractivity contribution in [3.8, 4) is 22.5 Å². The zero-order chi connectivity index (χ0) is 24.3. The highest BCUT2D eigenvalue weighted by Gasteiger charge is 2.17. The van der Waals surface area contributed by atoms with Crippen LogP contribution in [-0.2, 0) is 6.54 Å². The molecule has 0 bridgehead atoms. The van der Waals surface area contributed by atoms with E-state index < -0.39 is 5.97 Å². The van der Waals surface area contributed by atoms with Gasteiger partial charge in [-0.05, 0) is 52.7 Å². The lowest BCUT2D eigenvalue weighted by Crippen LogP contribution is -2.26. The lowest BCUT2D eigenvalue weighted by molar-refractivity contribution is 0.0697. The molecule has 2 heterocycles. The van der Waals surface area contributed by atoms with Gasteiger partial charge in [-0.3, -0.25) is 0 Å². The molecule has 2 aromatic carbocycles. The normalized spacial score (nSPS) is 10.3. The van der Waals surface area contributed by atoms with Crippen molar-refractivity contribution in [2.45, 2.75) is 26.3 Å². The number of carboxylic acid groups (broad SMARTS) is 1. The molecule has 0 saturated heterocycles. The Labute approximate surface area is 198 Å². The number of nitrogens with zero attached hydrogens (tertiary/aromatic N) is 5. The number of pyridine rings is 1. The first-order valence-corrected chi connectivity index (χ1v) is 11.1. The number of tetrazole rings is 1. The fraction of sp³-hybridized carbons (Fsp3) is 0.240. The first-order valence-electron chi connectivity index (χ1n) is 11.1. The maximum atomic E-state index is 11.7. The van der Waals surface area contributed by atoms with Crippen LogP contribution in [-0.4, -0.2) is 50.3 Å². The van der Waals surface area contributed by atoms with E-state index in [2.05, 4.69) is 62.5 Å². The maximum absolute atomic E-state index is 11.7. The Hall–Kier alpha value is -4.11. The number of aromatic carboxylic acids is 1. The van der Waals surface area contributed by atoms with Gasteiger partial charge in [-0.1, -0.05) is 61.9 Å². The second-order valence-corrected chi connectivity index (χ2v) is 7.45. The van der Waals surface area contributed by atoms with Crippen LogP contribution < -0.4 is 10.6 Å². The lowest BCUT2D eigenvalue weighted by Gasteiger charge is -2.25. The number of hydrogen-bond donors (Lipinski definition) is 3. The summed E-state index contributed by atoms with van der Waals surface area (Å²) in [5.74, 6) is 0.149. The van der Waals surface area contributed by atoms with Crippen molar-refractivity contribution in [2.75, 3.05) is 18.5 Å². The molecular formula is C25H29N7O2. The van der Waals surface area contributed by atoms with Crippen molar-refractivity contribution < 1.29 is 9.90 Å². The molecule has 0 aliphatic rings. The number of anilines is 1. The van der Waals surface area contributed by atoms with Crippen LogP contribution in [0.1, 0.15) is 35.7 Å². The SMILES string of the molecule is CCCCN(Cc1ccc(-c2ccccc2-c2nnn[nH]2)cc1)c1ncccc1C(=O)O.CN. The minimum Gasteiger partial charge on any atom is -0.478 e. The third-order valence-electron chi connectivity index (χ3n) is 5.26. The van der Waals surface area contributed by atoms with Crippen LogP contribution in [0.2, 0.25) is 0 Å². The van der Waals surface area contributed by atoms with E-state index >= 15 is 0 Å². The Morgan fingerprint density at radius 2 is 1.76 bits per heavy atom. The highest BCUT2D eigenvalue weighted by atomic mass is 16.4. The molecule has 4 aromatic rings. The number of nitrogens with two attached hydrogens (primary N) is 1. The zero-order valence-electron chi connectivity index (χ0n) is 19.3. The van der Waals surface area contributed by atoms with Gasteiger partial charge in [-0.25, -0.2) is 14.9 Å². The number of unbranched alkanes of at least 4 members (excludes halogenated alkanes) is 1. The van der Waals surface area contributed by atoms with Crippen molar-refractivity contribution in [2.24, 2.45) is 5.73 Å². The Morgan fingerprint density at radius 3 is 2.41 bits per heavy atom. The molecule has 34 heavy (non-hydrogen) atoms. The zero-order valence-corrected chi connectivity index (χ0v) is 19.3. The molecule has 0 amide bonds. The van der Waals surface area contributed by atoms with E-state index in [1.807, 2.05) is 29.2 Å². The molecule has 9 nitrogen and oxygen atoms in total. The predicted molar refractivity (Wildman–Crippen MR) is 132 cm³/mol. The van der Waals surface area contributed by atoms with Crippen LogP contribution in [0.4, 0.5) is 5.82 Å². The van der Waals surface area contributed by atoms with Gasteiger partial charge in [0.2, 0.25) is 0 Å². The third-order valence-corrected chi connectivity index (χ3v) is 5.26. The van der Waals surface area contributed by atoms with E-state index in [4.69, 9.17) is 0 Å². The Kier molecular flexibility index (Phi) is 8.81. The van der Waals surface area contributed by atoms with E-state index in [1.54, 1.807) is 18.3 Å². The highest BCUT2D eigenvalue weighted by molar-refractivity contribution is 5.93. The highest BCUT2D eigenvalue weighted by Crippen LogP contribution is 2.30. The van der Waals surface area contributed by atoms with Gasteiger partial charge < -0.3 is 15.7 Å². The molecule has 4 N–H and O–H groups in total. The average molecular weight is 460 g/mol. The molecule has 0 aliphatic heterocycles. The molecule has 2 aromatic heterocycles. The summed E-state index contributed by atoms with van der Waals surface area (Å²) < 4.78 is 0. The first-order chi connectivity index (χ1) is 16.7. The summed E-state index contributed by atoms with van der Waals surface area (Å²) in [6.45, 7) is 3.42. The summed E-state index contributed by atoms with van der Waals surface area (Å²) in [4.78, 5) is 18.1.